The van der Waals surface area contributed by atoms with Crippen LogP contribution in [0.5, 0.6) is 0 Å². The fourth-order valence-corrected chi connectivity index (χ4v) is 2.68. The maximum absolute atomic E-state index is 12.5. The third-order valence-electron chi connectivity index (χ3n) is 4.20. The summed E-state index contributed by atoms with van der Waals surface area (Å²) in [5, 5.41) is 3.34. The number of pyridine rings is 1. The second-order valence-electron chi connectivity index (χ2n) is 6.24. The van der Waals surface area contributed by atoms with Crippen molar-refractivity contribution in [2.24, 2.45) is 0 Å². The average Bonchev–Trinajstić information content (AvgIpc) is 2.58. The first-order valence-corrected chi connectivity index (χ1v) is 8.46. The van der Waals surface area contributed by atoms with Crippen molar-refractivity contribution in [2.75, 3.05) is 65.2 Å². The molecule has 2 rings (SSSR count). The molecule has 6 nitrogen and oxygen atoms in total. The van der Waals surface area contributed by atoms with E-state index < -0.39 is 0 Å². The van der Waals surface area contributed by atoms with E-state index in [1.54, 1.807) is 6.20 Å². The Hall–Kier alpha value is -1.66. The zero-order valence-electron chi connectivity index (χ0n) is 14.6. The summed E-state index contributed by atoms with van der Waals surface area (Å²) >= 11 is 0. The van der Waals surface area contributed by atoms with Crippen LogP contribution in [0.25, 0.3) is 0 Å². The predicted octanol–water partition coefficient (Wildman–Crippen LogP) is 1.22. The summed E-state index contributed by atoms with van der Waals surface area (Å²) in [4.78, 5) is 23.2. The standard InChI is InChI=1S/C17H29N5O/c1-4-21-10-12-22(13-11-21)17(23)16-7-6-15(14-19-16)18-8-5-9-20(2)3/h6-7,14,18H,4-5,8-13H2,1-3H3. The highest BCUT2D eigenvalue weighted by atomic mass is 16.2. The SMILES string of the molecule is CCN1CCN(C(=O)c2ccc(NCCCN(C)C)cn2)CC1. The molecule has 1 amide bonds. The first-order chi connectivity index (χ1) is 11.1. The van der Waals surface area contributed by atoms with Crippen molar-refractivity contribution >= 4 is 11.6 Å². The van der Waals surface area contributed by atoms with Gasteiger partial charge in [0.2, 0.25) is 0 Å². The lowest BCUT2D eigenvalue weighted by Crippen LogP contribution is -2.48. The Labute approximate surface area is 139 Å². The van der Waals surface area contributed by atoms with Gasteiger partial charge in [-0.2, -0.15) is 0 Å². The molecule has 1 fully saturated rings. The first kappa shape index (κ1) is 17.7. The number of anilines is 1. The Kier molecular flexibility index (Phi) is 6.80. The van der Waals surface area contributed by atoms with Crippen molar-refractivity contribution in [3.05, 3.63) is 24.0 Å². The van der Waals surface area contributed by atoms with E-state index in [0.717, 1.165) is 57.9 Å². The van der Waals surface area contributed by atoms with Crippen LogP contribution >= 0.6 is 0 Å². The van der Waals surface area contributed by atoms with Crippen molar-refractivity contribution in [3.63, 3.8) is 0 Å². The number of aromatic nitrogens is 1. The number of amides is 1. The summed E-state index contributed by atoms with van der Waals surface area (Å²) in [6, 6.07) is 3.76. The molecule has 6 heteroatoms. The molecule has 0 saturated carbocycles. The quantitative estimate of drug-likeness (QED) is 0.766. The molecule has 1 saturated heterocycles. The highest BCUT2D eigenvalue weighted by molar-refractivity contribution is 5.92. The summed E-state index contributed by atoms with van der Waals surface area (Å²) < 4.78 is 0. The van der Waals surface area contributed by atoms with E-state index in [1.165, 1.54) is 0 Å². The summed E-state index contributed by atoms with van der Waals surface area (Å²) in [5.74, 6) is 0.0416. The van der Waals surface area contributed by atoms with Gasteiger partial charge in [0.05, 0.1) is 11.9 Å². The van der Waals surface area contributed by atoms with Gasteiger partial charge in [0.25, 0.3) is 5.91 Å². The Bertz CT molecular complexity index is 480. The molecule has 0 unspecified atom stereocenters. The average molecular weight is 319 g/mol. The molecule has 1 aliphatic rings. The molecule has 1 aromatic rings. The number of likely N-dealkylation sites (N-methyl/N-ethyl adjacent to an activating group) is 1. The molecule has 0 bridgehead atoms. The van der Waals surface area contributed by atoms with Crippen LogP contribution in [0.15, 0.2) is 18.3 Å². The molecule has 1 aromatic heterocycles. The van der Waals surface area contributed by atoms with Crippen LogP contribution in [-0.4, -0.2) is 85.5 Å². The van der Waals surface area contributed by atoms with E-state index in [4.69, 9.17) is 0 Å². The normalized spacial score (nSPS) is 15.9. The molecule has 2 heterocycles. The van der Waals surface area contributed by atoms with Gasteiger partial charge in [-0.15, -0.1) is 0 Å². The minimum atomic E-state index is 0.0416. The molecule has 1 N–H and O–H groups in total. The monoisotopic (exact) mass is 319 g/mol. The molecule has 0 aliphatic carbocycles. The fourth-order valence-electron chi connectivity index (χ4n) is 2.68. The topological polar surface area (TPSA) is 51.7 Å². The predicted molar refractivity (Wildman–Crippen MR) is 93.9 cm³/mol. The van der Waals surface area contributed by atoms with Gasteiger partial charge in [-0.3, -0.25) is 4.79 Å². The van der Waals surface area contributed by atoms with E-state index in [1.807, 2.05) is 17.0 Å². The van der Waals surface area contributed by atoms with Crippen LogP contribution in [-0.2, 0) is 0 Å². The summed E-state index contributed by atoms with van der Waals surface area (Å²) in [6.07, 6.45) is 2.83. The zero-order chi connectivity index (χ0) is 16.7. The number of rotatable bonds is 7. The van der Waals surface area contributed by atoms with Crippen LogP contribution in [0.2, 0.25) is 0 Å². The molecule has 0 radical (unpaired) electrons. The maximum atomic E-state index is 12.5. The number of carbonyl (C=O) groups excluding carboxylic acids is 1. The Morgan fingerprint density at radius 2 is 2.00 bits per heavy atom. The minimum Gasteiger partial charge on any atom is -0.384 e. The Morgan fingerprint density at radius 1 is 1.26 bits per heavy atom. The van der Waals surface area contributed by atoms with E-state index in [9.17, 15) is 4.79 Å². The molecule has 0 atom stereocenters. The van der Waals surface area contributed by atoms with Crippen molar-refractivity contribution in [1.82, 2.24) is 19.7 Å². The van der Waals surface area contributed by atoms with E-state index in [2.05, 4.69) is 41.1 Å². The largest absolute Gasteiger partial charge is 0.384 e. The van der Waals surface area contributed by atoms with E-state index in [-0.39, 0.29) is 5.91 Å². The van der Waals surface area contributed by atoms with E-state index in [0.29, 0.717) is 5.69 Å². The molecular formula is C17H29N5O. The molecule has 1 aliphatic heterocycles. The first-order valence-electron chi connectivity index (χ1n) is 8.46. The smallest absolute Gasteiger partial charge is 0.272 e. The Morgan fingerprint density at radius 3 is 2.57 bits per heavy atom. The van der Waals surface area contributed by atoms with Crippen LogP contribution in [0.4, 0.5) is 5.69 Å². The number of hydrogen-bond donors (Lipinski definition) is 1. The fraction of sp³-hybridized carbons (Fsp3) is 0.647. The second kappa shape index (κ2) is 8.84. The minimum absolute atomic E-state index is 0.0416. The number of piperazine rings is 1. The van der Waals surface area contributed by atoms with Crippen LogP contribution in [0, 0.1) is 0 Å². The van der Waals surface area contributed by atoms with Crippen LogP contribution in [0.3, 0.4) is 0 Å². The lowest BCUT2D eigenvalue weighted by molar-refractivity contribution is 0.0637. The molecule has 23 heavy (non-hydrogen) atoms. The lowest BCUT2D eigenvalue weighted by Gasteiger charge is -2.33. The number of nitrogens with zero attached hydrogens (tertiary/aromatic N) is 4. The summed E-state index contributed by atoms with van der Waals surface area (Å²) in [7, 11) is 4.14. The van der Waals surface area contributed by atoms with Gasteiger partial charge in [0.15, 0.2) is 0 Å². The molecule has 0 aromatic carbocycles. The van der Waals surface area contributed by atoms with Gasteiger partial charge in [0, 0.05) is 32.7 Å². The summed E-state index contributed by atoms with van der Waals surface area (Å²) in [6.45, 7) is 8.66. The maximum Gasteiger partial charge on any atom is 0.272 e. The Balaban J connectivity index is 1.81. The molecular weight excluding hydrogens is 290 g/mol. The second-order valence-corrected chi connectivity index (χ2v) is 6.24. The van der Waals surface area contributed by atoms with Gasteiger partial charge in [0.1, 0.15) is 5.69 Å². The van der Waals surface area contributed by atoms with Crippen molar-refractivity contribution in [3.8, 4) is 0 Å². The third-order valence-corrected chi connectivity index (χ3v) is 4.20. The van der Waals surface area contributed by atoms with Gasteiger partial charge in [-0.1, -0.05) is 6.92 Å². The van der Waals surface area contributed by atoms with Gasteiger partial charge >= 0.3 is 0 Å². The number of carbonyl (C=O) groups is 1. The zero-order valence-corrected chi connectivity index (χ0v) is 14.6. The van der Waals surface area contributed by atoms with Crippen molar-refractivity contribution in [2.45, 2.75) is 13.3 Å². The summed E-state index contributed by atoms with van der Waals surface area (Å²) in [5.41, 5.74) is 1.50. The third kappa shape index (κ3) is 5.48. The van der Waals surface area contributed by atoms with Gasteiger partial charge in [-0.05, 0) is 45.7 Å². The number of hydrogen-bond acceptors (Lipinski definition) is 5. The van der Waals surface area contributed by atoms with Gasteiger partial charge in [-0.25, -0.2) is 4.98 Å². The highest BCUT2D eigenvalue weighted by Gasteiger charge is 2.21. The number of nitrogens with one attached hydrogen (secondary N) is 1. The van der Waals surface area contributed by atoms with Crippen molar-refractivity contribution < 1.29 is 4.79 Å². The van der Waals surface area contributed by atoms with E-state index >= 15 is 0 Å². The van der Waals surface area contributed by atoms with Crippen molar-refractivity contribution in [1.29, 1.82) is 0 Å². The van der Waals surface area contributed by atoms with Gasteiger partial charge < -0.3 is 20.0 Å². The molecule has 128 valence electrons. The highest BCUT2D eigenvalue weighted by Crippen LogP contribution is 2.10. The van der Waals surface area contributed by atoms with Crippen LogP contribution in [0.1, 0.15) is 23.8 Å². The lowest BCUT2D eigenvalue weighted by atomic mass is 10.2. The van der Waals surface area contributed by atoms with Crippen LogP contribution < -0.4 is 5.32 Å². The molecule has 0 spiro atoms.